The molecule has 1 saturated heterocycles. The van der Waals surface area contributed by atoms with Crippen LogP contribution in [0.1, 0.15) is 30.9 Å². The zero-order chi connectivity index (χ0) is 14.6. The quantitative estimate of drug-likeness (QED) is 0.623. The Morgan fingerprint density at radius 1 is 1.10 bits per heavy atom. The second kappa shape index (κ2) is 7.27. The first kappa shape index (κ1) is 16.3. The summed E-state index contributed by atoms with van der Waals surface area (Å²) in [5.41, 5.74) is 1.03. The van der Waals surface area contributed by atoms with Crippen molar-refractivity contribution in [2.24, 2.45) is 0 Å². The van der Waals surface area contributed by atoms with E-state index in [0.717, 1.165) is 31.5 Å². The number of nitrogens with zero attached hydrogens (tertiary/aromatic N) is 1. The first-order valence-corrected chi connectivity index (χ1v) is 9.03. The Labute approximate surface area is 144 Å². The first-order chi connectivity index (χ1) is 9.48. The highest BCUT2D eigenvalue weighted by Crippen LogP contribution is 2.45. The molecule has 0 spiro atoms. The van der Waals surface area contributed by atoms with Crippen LogP contribution in [0.15, 0.2) is 30.3 Å². The largest absolute Gasteiger partial charge is 0.328 e. The number of carbonyl (C=O) groups is 1. The van der Waals surface area contributed by atoms with Crippen molar-refractivity contribution in [2.75, 3.05) is 13.1 Å². The van der Waals surface area contributed by atoms with Crippen molar-refractivity contribution in [1.82, 2.24) is 10.2 Å². The molecule has 2 rings (SSSR count). The van der Waals surface area contributed by atoms with Crippen LogP contribution in [0, 0.1) is 0 Å². The van der Waals surface area contributed by atoms with Gasteiger partial charge in [0, 0.05) is 13.1 Å². The molecule has 0 aliphatic carbocycles. The van der Waals surface area contributed by atoms with E-state index in [0.29, 0.717) is 0 Å². The number of rotatable bonds is 2. The standard InChI is InChI=1S/C14H17Br3N2O/c15-14(16,17)12(11-7-3-1-4-8-11)18-13(20)19-9-5-2-6-10-19/h1,3-4,7-8,12H,2,5-6,9-10H2,(H,18,20)/t12-/m1/s1. The average molecular weight is 469 g/mol. The number of nitrogens with one attached hydrogen (secondary N) is 1. The fraction of sp³-hybridized carbons (Fsp3) is 0.500. The van der Waals surface area contributed by atoms with Gasteiger partial charge in [0.2, 0.25) is 0 Å². The van der Waals surface area contributed by atoms with Crippen LogP contribution in [-0.4, -0.2) is 26.2 Å². The summed E-state index contributed by atoms with van der Waals surface area (Å²) < 4.78 is -0.570. The summed E-state index contributed by atoms with van der Waals surface area (Å²) in [6.07, 6.45) is 3.39. The summed E-state index contributed by atoms with van der Waals surface area (Å²) >= 11 is 10.6. The smallest absolute Gasteiger partial charge is 0.317 e. The second-order valence-electron chi connectivity index (χ2n) is 4.88. The van der Waals surface area contributed by atoms with E-state index in [1.54, 1.807) is 0 Å². The maximum Gasteiger partial charge on any atom is 0.317 e. The number of alkyl halides is 3. The fourth-order valence-electron chi connectivity index (χ4n) is 2.31. The molecule has 1 aliphatic heterocycles. The molecule has 0 unspecified atom stereocenters. The van der Waals surface area contributed by atoms with Gasteiger partial charge in [0.05, 0.1) is 6.04 Å². The van der Waals surface area contributed by atoms with Gasteiger partial charge in [-0.15, -0.1) is 0 Å². The molecular weight excluding hydrogens is 452 g/mol. The number of likely N-dealkylation sites (tertiary alicyclic amines) is 1. The SMILES string of the molecule is O=C(N[C@H](c1ccccc1)C(Br)(Br)Br)N1CCCCC1. The highest BCUT2D eigenvalue weighted by Gasteiger charge is 2.34. The Kier molecular flexibility index (Phi) is 5.93. The van der Waals surface area contributed by atoms with E-state index in [9.17, 15) is 4.79 Å². The lowest BCUT2D eigenvalue weighted by Gasteiger charge is -2.32. The van der Waals surface area contributed by atoms with Crippen LogP contribution < -0.4 is 5.32 Å². The molecule has 0 aromatic heterocycles. The van der Waals surface area contributed by atoms with E-state index in [4.69, 9.17) is 0 Å². The maximum atomic E-state index is 12.4. The molecular formula is C14H17Br3N2O. The number of amides is 2. The minimum atomic E-state index is -0.570. The predicted molar refractivity (Wildman–Crippen MR) is 92.7 cm³/mol. The summed E-state index contributed by atoms with van der Waals surface area (Å²) in [6, 6.07) is 9.67. The molecule has 6 heteroatoms. The molecule has 1 heterocycles. The first-order valence-electron chi connectivity index (χ1n) is 6.65. The molecule has 1 atom stereocenters. The number of hydrogen-bond donors (Lipinski definition) is 1. The highest BCUT2D eigenvalue weighted by atomic mass is 80.0. The zero-order valence-electron chi connectivity index (χ0n) is 11.0. The van der Waals surface area contributed by atoms with E-state index in [-0.39, 0.29) is 12.1 Å². The minimum absolute atomic E-state index is 0.0127. The van der Waals surface area contributed by atoms with Crippen molar-refractivity contribution < 1.29 is 4.79 Å². The van der Waals surface area contributed by atoms with Crippen molar-refractivity contribution >= 4 is 53.8 Å². The Balaban J connectivity index is 2.10. The highest BCUT2D eigenvalue weighted by molar-refractivity contribution is 9.39. The van der Waals surface area contributed by atoms with Gasteiger partial charge in [0.15, 0.2) is 2.14 Å². The predicted octanol–water partition coefficient (Wildman–Crippen LogP) is 4.76. The van der Waals surface area contributed by atoms with Crippen LogP contribution in [0.2, 0.25) is 0 Å². The van der Waals surface area contributed by atoms with E-state index in [1.165, 1.54) is 6.42 Å². The minimum Gasteiger partial charge on any atom is -0.328 e. The van der Waals surface area contributed by atoms with Gasteiger partial charge >= 0.3 is 6.03 Å². The molecule has 20 heavy (non-hydrogen) atoms. The molecule has 1 N–H and O–H groups in total. The van der Waals surface area contributed by atoms with Crippen molar-refractivity contribution in [2.45, 2.75) is 27.4 Å². The van der Waals surface area contributed by atoms with Crippen molar-refractivity contribution in [3.05, 3.63) is 35.9 Å². The Morgan fingerprint density at radius 2 is 1.70 bits per heavy atom. The van der Waals surface area contributed by atoms with Gasteiger partial charge in [-0.25, -0.2) is 4.79 Å². The summed E-state index contributed by atoms with van der Waals surface area (Å²) in [7, 11) is 0. The van der Waals surface area contributed by atoms with E-state index in [2.05, 4.69) is 53.1 Å². The molecule has 1 aromatic rings. The molecule has 0 saturated carbocycles. The van der Waals surface area contributed by atoms with E-state index >= 15 is 0 Å². The summed E-state index contributed by atoms with van der Waals surface area (Å²) in [6.45, 7) is 1.68. The second-order valence-corrected chi connectivity index (χ2v) is 11.8. The molecule has 1 aliphatic rings. The molecule has 0 radical (unpaired) electrons. The third kappa shape index (κ3) is 4.46. The van der Waals surface area contributed by atoms with Crippen LogP contribution in [0.25, 0.3) is 0 Å². The van der Waals surface area contributed by atoms with Gasteiger partial charge in [-0.3, -0.25) is 0 Å². The molecule has 0 bridgehead atoms. The number of urea groups is 1. The lowest BCUT2D eigenvalue weighted by molar-refractivity contribution is 0.183. The average Bonchev–Trinajstić information content (AvgIpc) is 2.45. The van der Waals surface area contributed by atoms with E-state index < -0.39 is 2.14 Å². The van der Waals surface area contributed by atoms with Crippen LogP contribution in [0.3, 0.4) is 0 Å². The molecule has 1 fully saturated rings. The molecule has 1 aromatic carbocycles. The molecule has 110 valence electrons. The number of hydrogen-bond acceptors (Lipinski definition) is 1. The third-order valence-corrected chi connectivity index (χ3v) is 4.74. The maximum absolute atomic E-state index is 12.4. The van der Waals surface area contributed by atoms with Crippen molar-refractivity contribution in [3.8, 4) is 0 Å². The van der Waals surface area contributed by atoms with Gasteiger partial charge < -0.3 is 10.2 Å². The normalized spacial score (nSPS) is 17.6. The van der Waals surface area contributed by atoms with Crippen LogP contribution in [0.4, 0.5) is 4.79 Å². The van der Waals surface area contributed by atoms with Gasteiger partial charge in [-0.2, -0.15) is 0 Å². The molecule has 3 nitrogen and oxygen atoms in total. The van der Waals surface area contributed by atoms with Crippen LogP contribution in [-0.2, 0) is 0 Å². The van der Waals surface area contributed by atoms with E-state index in [1.807, 2.05) is 35.2 Å². The van der Waals surface area contributed by atoms with Crippen LogP contribution in [0.5, 0.6) is 0 Å². The van der Waals surface area contributed by atoms with Crippen molar-refractivity contribution in [3.63, 3.8) is 0 Å². The van der Waals surface area contributed by atoms with Crippen LogP contribution >= 0.6 is 47.8 Å². The van der Waals surface area contributed by atoms with Gasteiger partial charge in [-0.1, -0.05) is 78.1 Å². The third-order valence-electron chi connectivity index (χ3n) is 3.37. The zero-order valence-corrected chi connectivity index (χ0v) is 15.7. The Morgan fingerprint density at radius 3 is 2.25 bits per heavy atom. The van der Waals surface area contributed by atoms with Gasteiger partial charge in [0.1, 0.15) is 0 Å². The Hall–Kier alpha value is -0.0700. The summed E-state index contributed by atoms with van der Waals surface area (Å²) in [4.78, 5) is 14.3. The Bertz CT molecular complexity index is 441. The summed E-state index contributed by atoms with van der Waals surface area (Å²) in [5, 5.41) is 3.09. The summed E-state index contributed by atoms with van der Waals surface area (Å²) in [5.74, 6) is 0. The number of benzene rings is 1. The van der Waals surface area contributed by atoms with Gasteiger partial charge in [0.25, 0.3) is 0 Å². The van der Waals surface area contributed by atoms with Gasteiger partial charge in [-0.05, 0) is 24.8 Å². The number of carbonyl (C=O) groups excluding carboxylic acids is 1. The molecule has 2 amide bonds. The number of halogens is 3. The lowest BCUT2D eigenvalue weighted by Crippen LogP contribution is -2.46. The number of piperidine rings is 1. The lowest BCUT2D eigenvalue weighted by atomic mass is 10.1. The monoisotopic (exact) mass is 466 g/mol. The topological polar surface area (TPSA) is 32.3 Å². The van der Waals surface area contributed by atoms with Crippen molar-refractivity contribution in [1.29, 1.82) is 0 Å². The fourth-order valence-corrected chi connectivity index (χ4v) is 3.45.